The van der Waals surface area contributed by atoms with Gasteiger partial charge in [-0.1, -0.05) is 71.1 Å². The van der Waals surface area contributed by atoms with Gasteiger partial charge in [0, 0.05) is 6.61 Å². The van der Waals surface area contributed by atoms with E-state index in [0.717, 1.165) is 6.42 Å². The molecule has 1 rings (SSSR count). The Kier molecular flexibility index (Phi) is 10.5. The maximum Gasteiger partial charge on any atom is 0.0841 e. The van der Waals surface area contributed by atoms with E-state index in [4.69, 9.17) is 9.84 Å². The number of ether oxygens (including phenoxy) is 1. The van der Waals surface area contributed by atoms with Gasteiger partial charge in [0.2, 0.25) is 0 Å². The van der Waals surface area contributed by atoms with Gasteiger partial charge < -0.3 is 9.84 Å². The van der Waals surface area contributed by atoms with Crippen LogP contribution in [0.5, 0.6) is 0 Å². The van der Waals surface area contributed by atoms with Crippen molar-refractivity contribution >= 4 is 0 Å². The van der Waals surface area contributed by atoms with Crippen molar-refractivity contribution in [2.24, 2.45) is 0 Å². The predicted molar refractivity (Wildman–Crippen MR) is 81.4 cm³/mol. The summed E-state index contributed by atoms with van der Waals surface area (Å²) in [5.41, 5.74) is 0. The summed E-state index contributed by atoms with van der Waals surface area (Å²) in [6, 6.07) is 0. The van der Waals surface area contributed by atoms with Crippen LogP contribution in [0.1, 0.15) is 90.4 Å². The minimum absolute atomic E-state index is 0.366. The molecule has 0 aromatic heterocycles. The molecule has 0 radical (unpaired) electrons. The maximum absolute atomic E-state index is 8.67. The Hall–Kier alpha value is -0.0800. The summed E-state index contributed by atoms with van der Waals surface area (Å²) < 4.78 is 5.55. The molecule has 2 unspecified atom stereocenters. The molecule has 1 saturated heterocycles. The number of hydrogen-bond donors (Lipinski definition) is 1. The Morgan fingerprint density at radius 3 is 1.58 bits per heavy atom. The van der Waals surface area contributed by atoms with Crippen molar-refractivity contribution in [1.82, 2.24) is 0 Å². The molecule has 114 valence electrons. The van der Waals surface area contributed by atoms with Gasteiger partial charge in [0.25, 0.3) is 0 Å². The first-order valence-corrected chi connectivity index (χ1v) is 8.64. The third-order valence-corrected chi connectivity index (χ3v) is 4.24. The molecule has 0 aromatic carbocycles. The van der Waals surface area contributed by atoms with Crippen LogP contribution in [-0.4, -0.2) is 23.9 Å². The van der Waals surface area contributed by atoms with Crippen LogP contribution in [0.2, 0.25) is 0 Å². The van der Waals surface area contributed by atoms with Gasteiger partial charge >= 0.3 is 0 Å². The molecule has 0 aliphatic carbocycles. The first-order valence-electron chi connectivity index (χ1n) is 8.64. The van der Waals surface area contributed by atoms with Crippen LogP contribution in [0.3, 0.4) is 0 Å². The Morgan fingerprint density at radius 2 is 1.16 bits per heavy atom. The molecular formula is C17H34O2. The molecule has 1 aliphatic rings. The number of unbranched alkanes of at least 4 members (excludes halogenated alkanes) is 10. The molecule has 0 bridgehead atoms. The van der Waals surface area contributed by atoms with Crippen LogP contribution < -0.4 is 0 Å². The lowest BCUT2D eigenvalue weighted by atomic mass is 10.0. The van der Waals surface area contributed by atoms with E-state index in [2.05, 4.69) is 6.92 Å². The monoisotopic (exact) mass is 270 g/mol. The first-order chi connectivity index (χ1) is 9.38. The highest BCUT2D eigenvalue weighted by Crippen LogP contribution is 2.29. The normalized spacial score (nSPS) is 21.8. The summed E-state index contributed by atoms with van der Waals surface area (Å²) in [7, 11) is 0. The second kappa shape index (κ2) is 11.7. The molecule has 19 heavy (non-hydrogen) atoms. The van der Waals surface area contributed by atoms with Crippen molar-refractivity contribution in [3.8, 4) is 0 Å². The smallest absolute Gasteiger partial charge is 0.0841 e. The lowest BCUT2D eigenvalue weighted by Crippen LogP contribution is -1.92. The molecular weight excluding hydrogens is 236 g/mol. The maximum atomic E-state index is 8.67. The van der Waals surface area contributed by atoms with Crippen molar-refractivity contribution in [1.29, 1.82) is 0 Å². The average Bonchev–Trinajstić information content (AvgIpc) is 3.19. The number of aliphatic hydroxyl groups excluding tert-OH is 1. The fraction of sp³-hybridized carbons (Fsp3) is 1.00. The van der Waals surface area contributed by atoms with Gasteiger partial charge in [-0.3, -0.25) is 0 Å². The Labute approximate surface area is 119 Å². The summed E-state index contributed by atoms with van der Waals surface area (Å²) in [6.45, 7) is 2.58. The van der Waals surface area contributed by atoms with Crippen LogP contribution in [0.15, 0.2) is 0 Å². The van der Waals surface area contributed by atoms with Crippen LogP contribution in [0.4, 0.5) is 0 Å². The van der Waals surface area contributed by atoms with Gasteiger partial charge in [-0.25, -0.2) is 0 Å². The Morgan fingerprint density at radius 1 is 0.684 bits per heavy atom. The van der Waals surface area contributed by atoms with Crippen molar-refractivity contribution in [2.75, 3.05) is 6.61 Å². The first kappa shape index (κ1) is 17.0. The average molecular weight is 270 g/mol. The summed E-state index contributed by atoms with van der Waals surface area (Å²) in [5, 5.41) is 8.67. The fourth-order valence-electron chi connectivity index (χ4n) is 2.84. The van der Waals surface area contributed by atoms with Crippen molar-refractivity contribution in [3.05, 3.63) is 0 Å². The van der Waals surface area contributed by atoms with Crippen LogP contribution in [0, 0.1) is 0 Å². The molecule has 1 aliphatic heterocycles. The van der Waals surface area contributed by atoms with E-state index < -0.39 is 0 Å². The van der Waals surface area contributed by atoms with Crippen LogP contribution in [0.25, 0.3) is 0 Å². The van der Waals surface area contributed by atoms with Gasteiger partial charge in [-0.15, -0.1) is 0 Å². The van der Waals surface area contributed by atoms with Gasteiger partial charge in [0.1, 0.15) is 0 Å². The van der Waals surface area contributed by atoms with Crippen LogP contribution >= 0.6 is 0 Å². The molecule has 2 atom stereocenters. The zero-order valence-electron chi connectivity index (χ0n) is 12.9. The Bertz CT molecular complexity index is 194. The topological polar surface area (TPSA) is 32.8 Å². The molecule has 1 N–H and O–H groups in total. The van der Waals surface area contributed by atoms with Gasteiger partial charge in [0.05, 0.1) is 12.2 Å². The highest BCUT2D eigenvalue weighted by Gasteiger charge is 2.35. The van der Waals surface area contributed by atoms with Gasteiger partial charge in [-0.2, -0.15) is 0 Å². The van der Waals surface area contributed by atoms with E-state index in [-0.39, 0.29) is 0 Å². The molecule has 0 spiro atoms. The third-order valence-electron chi connectivity index (χ3n) is 4.24. The highest BCUT2D eigenvalue weighted by molar-refractivity contribution is 4.82. The number of epoxide rings is 1. The van der Waals surface area contributed by atoms with Gasteiger partial charge in [0.15, 0.2) is 0 Å². The van der Waals surface area contributed by atoms with E-state index in [1.54, 1.807) is 0 Å². The van der Waals surface area contributed by atoms with Gasteiger partial charge in [-0.05, 0) is 19.3 Å². The number of rotatable bonds is 14. The fourth-order valence-corrected chi connectivity index (χ4v) is 2.84. The highest BCUT2D eigenvalue weighted by atomic mass is 16.6. The molecule has 1 fully saturated rings. The molecule has 0 aromatic rings. The zero-order chi connectivity index (χ0) is 13.8. The number of aliphatic hydroxyl groups is 1. The summed E-state index contributed by atoms with van der Waals surface area (Å²) in [4.78, 5) is 0. The van der Waals surface area contributed by atoms with E-state index in [1.807, 2.05) is 0 Å². The van der Waals surface area contributed by atoms with E-state index >= 15 is 0 Å². The van der Waals surface area contributed by atoms with Crippen molar-refractivity contribution < 1.29 is 9.84 Å². The van der Waals surface area contributed by atoms with E-state index in [0.29, 0.717) is 18.8 Å². The summed E-state index contributed by atoms with van der Waals surface area (Å²) in [6.07, 6.45) is 18.4. The molecule has 1 heterocycles. The quantitative estimate of drug-likeness (QED) is 0.362. The largest absolute Gasteiger partial charge is 0.396 e. The summed E-state index contributed by atoms with van der Waals surface area (Å²) in [5.74, 6) is 0. The third kappa shape index (κ3) is 9.45. The van der Waals surface area contributed by atoms with Crippen molar-refractivity contribution in [2.45, 2.75) is 103 Å². The minimum Gasteiger partial charge on any atom is -0.396 e. The second-order valence-electron chi connectivity index (χ2n) is 6.02. The molecule has 2 nitrogen and oxygen atoms in total. The van der Waals surface area contributed by atoms with E-state index in [1.165, 1.54) is 77.0 Å². The van der Waals surface area contributed by atoms with Crippen molar-refractivity contribution in [3.63, 3.8) is 0 Å². The summed E-state index contributed by atoms with van der Waals surface area (Å²) >= 11 is 0. The zero-order valence-corrected chi connectivity index (χ0v) is 12.9. The Balaban J connectivity index is 1.65. The second-order valence-corrected chi connectivity index (χ2v) is 6.02. The number of hydrogen-bond acceptors (Lipinski definition) is 2. The standard InChI is InChI=1S/C17H34O2/c1-2-16-17(19-16)14-12-10-8-6-4-3-5-7-9-11-13-15-18/h16-18H,2-15H2,1H3. The SMILES string of the molecule is CCC1OC1CCCCCCCCCCCCCO. The molecule has 0 saturated carbocycles. The lowest BCUT2D eigenvalue weighted by molar-refractivity contribution is 0.282. The minimum atomic E-state index is 0.366. The van der Waals surface area contributed by atoms with E-state index in [9.17, 15) is 0 Å². The molecule has 2 heteroatoms. The predicted octanol–water partition coefficient (Wildman–Crippen LogP) is 4.84. The molecule has 0 amide bonds. The van der Waals surface area contributed by atoms with Crippen LogP contribution in [-0.2, 0) is 4.74 Å². The lowest BCUT2D eigenvalue weighted by Gasteiger charge is -2.02.